The molecule has 6 rings (SSSR count). The number of ether oxygens (including phenoxy) is 1. The van der Waals surface area contributed by atoms with Gasteiger partial charge in [-0.2, -0.15) is 10.1 Å². The molecule has 1 atom stereocenters. The van der Waals surface area contributed by atoms with E-state index in [0.29, 0.717) is 60.4 Å². The van der Waals surface area contributed by atoms with Crippen LogP contribution in [0.1, 0.15) is 65.0 Å². The number of hydrogen-bond acceptors (Lipinski definition) is 8. The topological polar surface area (TPSA) is 129 Å². The Bertz CT molecular complexity index is 2050. The van der Waals surface area contributed by atoms with Gasteiger partial charge in [-0.05, 0) is 63.6 Å². The minimum atomic E-state index is -0.635. The van der Waals surface area contributed by atoms with Crippen LogP contribution < -0.4 is 10.6 Å². The van der Waals surface area contributed by atoms with Crippen molar-refractivity contribution < 1.29 is 19.0 Å². The summed E-state index contributed by atoms with van der Waals surface area (Å²) in [7, 11) is 0. The SMILES string of the molecule is CC(C)c1cccc(CCCO)c1-n1c(=O)nc(N2CCN(C(=O)OC(C)(C)C)CC2C)c2cc(F)c(-c3cccc4cn[nH]c34)nc21. The summed E-state index contributed by atoms with van der Waals surface area (Å²) < 4.78 is 23.5. The minimum absolute atomic E-state index is 0.00681. The molecule has 1 amide bonds. The van der Waals surface area contributed by atoms with Crippen LogP contribution in [0, 0.1) is 5.82 Å². The van der Waals surface area contributed by atoms with Crippen LogP contribution in [0.15, 0.2) is 53.5 Å². The van der Waals surface area contributed by atoms with Crippen LogP contribution in [0.2, 0.25) is 0 Å². The van der Waals surface area contributed by atoms with E-state index in [1.807, 2.05) is 76.8 Å². The van der Waals surface area contributed by atoms with E-state index in [-0.39, 0.29) is 29.9 Å². The lowest BCUT2D eigenvalue weighted by atomic mass is 9.95. The molecule has 1 fully saturated rings. The van der Waals surface area contributed by atoms with Gasteiger partial charge in [-0.25, -0.2) is 23.5 Å². The van der Waals surface area contributed by atoms with E-state index in [4.69, 9.17) is 9.72 Å². The number of rotatable bonds is 7. The Morgan fingerprint density at radius 1 is 1.15 bits per heavy atom. The minimum Gasteiger partial charge on any atom is -0.444 e. The normalized spacial score (nSPS) is 15.6. The number of benzene rings is 2. The first-order valence-electron chi connectivity index (χ1n) is 16.4. The van der Waals surface area contributed by atoms with Crippen molar-refractivity contribution >= 4 is 33.8 Å². The number of aryl methyl sites for hydroxylation is 1. The summed E-state index contributed by atoms with van der Waals surface area (Å²) >= 11 is 0. The summed E-state index contributed by atoms with van der Waals surface area (Å²) in [6.07, 6.45) is 2.28. The van der Waals surface area contributed by atoms with Crippen LogP contribution in [0.25, 0.3) is 38.9 Å². The number of halogens is 1. The Hall–Kier alpha value is -4.84. The van der Waals surface area contributed by atoms with Crippen LogP contribution in [-0.4, -0.2) is 78.7 Å². The summed E-state index contributed by atoms with van der Waals surface area (Å²) in [4.78, 5) is 40.4. The van der Waals surface area contributed by atoms with E-state index >= 15 is 4.39 Å². The molecule has 2 N–H and O–H groups in total. The maximum atomic E-state index is 16.4. The van der Waals surface area contributed by atoms with Gasteiger partial charge in [0.25, 0.3) is 0 Å². The van der Waals surface area contributed by atoms with Gasteiger partial charge >= 0.3 is 11.8 Å². The third-order valence-corrected chi connectivity index (χ3v) is 8.69. The van der Waals surface area contributed by atoms with Gasteiger partial charge in [-0.3, -0.25) is 5.10 Å². The van der Waals surface area contributed by atoms with E-state index in [9.17, 15) is 14.7 Å². The Kier molecular flexibility index (Phi) is 8.95. The number of para-hydroxylation sites is 2. The maximum Gasteiger partial charge on any atom is 0.410 e. The van der Waals surface area contributed by atoms with Crippen molar-refractivity contribution in [2.24, 2.45) is 0 Å². The average Bonchev–Trinajstić information content (AvgIpc) is 3.52. The monoisotopic (exact) mass is 655 g/mol. The zero-order valence-corrected chi connectivity index (χ0v) is 28.2. The number of pyridine rings is 1. The van der Waals surface area contributed by atoms with Crippen molar-refractivity contribution in [2.75, 3.05) is 31.1 Å². The first-order valence-corrected chi connectivity index (χ1v) is 16.4. The fourth-order valence-corrected chi connectivity index (χ4v) is 6.47. The van der Waals surface area contributed by atoms with Crippen LogP contribution in [0.3, 0.4) is 0 Å². The van der Waals surface area contributed by atoms with E-state index in [1.54, 1.807) is 17.2 Å². The highest BCUT2D eigenvalue weighted by atomic mass is 19.1. The van der Waals surface area contributed by atoms with Crippen LogP contribution >= 0.6 is 0 Å². The second-order valence-corrected chi connectivity index (χ2v) is 13.7. The quantitative estimate of drug-likeness (QED) is 0.220. The largest absolute Gasteiger partial charge is 0.444 e. The lowest BCUT2D eigenvalue weighted by Crippen LogP contribution is -2.55. The molecule has 3 aromatic heterocycles. The number of anilines is 1. The Morgan fingerprint density at radius 3 is 2.62 bits per heavy atom. The van der Waals surface area contributed by atoms with E-state index in [2.05, 4.69) is 15.2 Å². The molecule has 1 unspecified atom stereocenters. The molecule has 0 bridgehead atoms. The molecule has 12 heteroatoms. The Labute approximate surface area is 278 Å². The van der Waals surface area contributed by atoms with E-state index < -0.39 is 23.2 Å². The predicted molar refractivity (Wildman–Crippen MR) is 184 cm³/mol. The lowest BCUT2D eigenvalue weighted by molar-refractivity contribution is 0.0218. The number of hydrogen-bond donors (Lipinski definition) is 2. The van der Waals surface area contributed by atoms with Crippen molar-refractivity contribution in [2.45, 2.75) is 71.9 Å². The van der Waals surface area contributed by atoms with Gasteiger partial charge in [-0.1, -0.05) is 50.2 Å². The summed E-state index contributed by atoms with van der Waals surface area (Å²) in [5.74, 6) is -0.231. The van der Waals surface area contributed by atoms with E-state index in [0.717, 1.165) is 16.5 Å². The highest BCUT2D eigenvalue weighted by molar-refractivity contribution is 5.96. The van der Waals surface area contributed by atoms with Gasteiger partial charge < -0.3 is 19.6 Å². The van der Waals surface area contributed by atoms with Crippen molar-refractivity contribution in [3.05, 3.63) is 76.1 Å². The summed E-state index contributed by atoms with van der Waals surface area (Å²) in [6, 6.07) is 12.5. The fraction of sp³-hybridized carbons (Fsp3) is 0.417. The number of aromatic amines is 1. The van der Waals surface area contributed by atoms with Crippen molar-refractivity contribution in [1.29, 1.82) is 0 Å². The molecule has 0 radical (unpaired) electrons. The number of aliphatic hydroxyl groups is 1. The number of carbonyl (C=O) groups excluding carboxylic acids is 1. The first kappa shape index (κ1) is 33.1. The zero-order valence-electron chi connectivity index (χ0n) is 28.2. The molecule has 0 aliphatic carbocycles. The molecule has 2 aromatic carbocycles. The van der Waals surface area contributed by atoms with Gasteiger partial charge in [0.1, 0.15) is 22.9 Å². The highest BCUT2D eigenvalue weighted by Gasteiger charge is 2.33. The molecule has 4 heterocycles. The number of aliphatic hydroxyl groups excluding tert-OH is 1. The third-order valence-electron chi connectivity index (χ3n) is 8.69. The van der Waals surface area contributed by atoms with Gasteiger partial charge in [0.2, 0.25) is 0 Å². The number of aromatic nitrogens is 5. The smallest absolute Gasteiger partial charge is 0.410 e. The number of H-pyrrole nitrogens is 1. The fourth-order valence-electron chi connectivity index (χ4n) is 6.47. The second kappa shape index (κ2) is 13.0. The molecule has 1 saturated heterocycles. The van der Waals surface area contributed by atoms with Crippen LogP contribution in [0.5, 0.6) is 0 Å². The predicted octanol–water partition coefficient (Wildman–Crippen LogP) is 5.96. The molecule has 1 aliphatic rings. The molecule has 1 aliphatic heterocycles. The number of nitrogens with one attached hydrogen (secondary N) is 1. The lowest BCUT2D eigenvalue weighted by Gasteiger charge is -2.41. The number of fused-ring (bicyclic) bond motifs is 2. The van der Waals surface area contributed by atoms with Gasteiger partial charge in [0.15, 0.2) is 5.65 Å². The Morgan fingerprint density at radius 2 is 1.92 bits per heavy atom. The molecule has 5 aromatic rings. The van der Waals surface area contributed by atoms with Crippen LogP contribution in [-0.2, 0) is 11.2 Å². The third kappa shape index (κ3) is 6.24. The number of piperazine rings is 1. The molecule has 252 valence electrons. The maximum absolute atomic E-state index is 16.4. The van der Waals surface area contributed by atoms with Gasteiger partial charge in [-0.15, -0.1) is 0 Å². The standard InChI is InChI=1S/C36H42FN7O4/c1-21(2)25-13-7-10-23(12-9-17-45)31(25)44-33-27(18-28(37)30(39-33)26-14-8-11-24-19-38-41-29(24)26)32(40-34(44)46)43-16-15-42(20-22(43)3)35(47)48-36(4,5)6/h7-8,10-11,13-14,18-19,21-22,45H,9,12,15-17,20H2,1-6H3,(H,38,41). The molecular formula is C36H42FN7O4. The number of carbonyl (C=O) groups is 1. The van der Waals surface area contributed by atoms with Gasteiger partial charge in [0.05, 0.1) is 22.8 Å². The summed E-state index contributed by atoms with van der Waals surface area (Å²) in [5.41, 5.74) is 2.70. The number of amides is 1. The summed E-state index contributed by atoms with van der Waals surface area (Å²) in [6.45, 7) is 12.5. The zero-order chi connectivity index (χ0) is 34.3. The van der Waals surface area contributed by atoms with E-state index in [1.165, 1.54) is 10.6 Å². The first-order chi connectivity index (χ1) is 22.9. The second-order valence-electron chi connectivity index (χ2n) is 13.7. The van der Waals surface area contributed by atoms with Crippen molar-refractivity contribution in [3.63, 3.8) is 0 Å². The van der Waals surface area contributed by atoms with Crippen molar-refractivity contribution in [1.82, 2.24) is 29.6 Å². The molecular weight excluding hydrogens is 613 g/mol. The Balaban J connectivity index is 1.58. The molecule has 0 spiro atoms. The molecule has 0 saturated carbocycles. The number of nitrogens with zero attached hydrogens (tertiary/aromatic N) is 6. The molecule has 11 nitrogen and oxygen atoms in total. The van der Waals surface area contributed by atoms with Gasteiger partial charge in [0, 0.05) is 43.2 Å². The highest BCUT2D eigenvalue weighted by Crippen LogP contribution is 2.35. The van der Waals surface area contributed by atoms with Crippen LogP contribution in [0.4, 0.5) is 15.0 Å². The summed E-state index contributed by atoms with van der Waals surface area (Å²) in [5, 5.41) is 18.0. The van der Waals surface area contributed by atoms with Crippen molar-refractivity contribution in [3.8, 4) is 16.9 Å². The average molecular weight is 656 g/mol. The molecule has 48 heavy (non-hydrogen) atoms.